The number of unbranched alkanes of at least 4 members (excludes halogenated alkanes) is 44. The van der Waals surface area contributed by atoms with Gasteiger partial charge in [0.25, 0.3) is 7.82 Å². The van der Waals surface area contributed by atoms with Gasteiger partial charge in [-0.2, -0.15) is 0 Å². The van der Waals surface area contributed by atoms with Gasteiger partial charge in [0.15, 0.2) is 0 Å². The average Bonchev–Trinajstić information content (AvgIpc) is 3.36. The van der Waals surface area contributed by atoms with Gasteiger partial charge < -0.3 is 28.5 Å². The molecule has 0 radical (unpaired) electrons. The summed E-state index contributed by atoms with van der Waals surface area (Å²) < 4.78 is 30.4. The molecule has 0 aromatic heterocycles. The molecule has 0 aromatic carbocycles. The highest BCUT2D eigenvalue weighted by atomic mass is 31.2. The Morgan fingerprint density at radius 2 is 0.770 bits per heavy atom. The number of nitrogens with one attached hydrogen (secondary N) is 1. The lowest BCUT2D eigenvalue weighted by molar-refractivity contribution is -0.870. The highest BCUT2D eigenvalue weighted by Crippen LogP contribution is 2.38. The molecular weight excluding hydrogens is 940 g/mol. The van der Waals surface area contributed by atoms with Crippen LogP contribution in [0, 0.1) is 0 Å². The molecule has 0 spiro atoms. The van der Waals surface area contributed by atoms with Gasteiger partial charge in [0.05, 0.1) is 33.8 Å². The number of rotatable bonds is 60. The lowest BCUT2D eigenvalue weighted by Gasteiger charge is -2.30. The third-order valence-corrected chi connectivity index (χ3v) is 15.9. The minimum atomic E-state index is -4.69. The van der Waals surface area contributed by atoms with E-state index in [0.717, 1.165) is 57.8 Å². The molecule has 0 heterocycles. The molecule has 0 fully saturated rings. The van der Waals surface area contributed by atoms with Crippen molar-refractivity contribution in [1.29, 1.82) is 0 Å². The molecule has 0 saturated carbocycles. The Hall–Kier alpha value is -1.25. The largest absolute Gasteiger partial charge is 0.756 e. The number of hydrogen-bond donors (Lipinski definition) is 1. The van der Waals surface area contributed by atoms with Crippen molar-refractivity contribution in [2.45, 2.75) is 348 Å². The Kier molecular flexibility index (Phi) is 54.1. The van der Waals surface area contributed by atoms with E-state index in [1.165, 1.54) is 244 Å². The number of likely N-dealkylation sites (N-methyl/N-ethyl adjacent to an activating group) is 1. The van der Waals surface area contributed by atoms with Gasteiger partial charge in [0.1, 0.15) is 19.3 Å². The Balaban J connectivity index is 5.15. The van der Waals surface area contributed by atoms with E-state index in [2.05, 4.69) is 26.1 Å². The Morgan fingerprint density at radius 1 is 0.459 bits per heavy atom. The molecule has 0 aliphatic rings. The zero-order valence-corrected chi connectivity index (χ0v) is 51.2. The molecule has 0 aliphatic carbocycles. The first kappa shape index (κ1) is 72.8. The van der Waals surface area contributed by atoms with E-state index in [-0.39, 0.29) is 31.5 Å². The third kappa shape index (κ3) is 55.5. The second-order valence-corrected chi connectivity index (χ2v) is 25.0. The smallest absolute Gasteiger partial charge is 0.306 e. The van der Waals surface area contributed by atoms with Crippen molar-refractivity contribution in [2.75, 3.05) is 40.9 Å². The third-order valence-electron chi connectivity index (χ3n) is 15.0. The highest BCUT2D eigenvalue weighted by Gasteiger charge is 2.27. The first-order valence-corrected chi connectivity index (χ1v) is 34.0. The number of carbonyl (C=O) groups excluding carboxylic acids is 2. The van der Waals surface area contributed by atoms with Crippen LogP contribution >= 0.6 is 7.82 Å². The van der Waals surface area contributed by atoms with Crippen LogP contribution in [-0.4, -0.2) is 69.4 Å². The van der Waals surface area contributed by atoms with E-state index in [0.29, 0.717) is 17.4 Å². The van der Waals surface area contributed by atoms with Gasteiger partial charge in [-0.1, -0.05) is 303 Å². The predicted octanol–water partition coefficient (Wildman–Crippen LogP) is 19.3. The topological polar surface area (TPSA) is 114 Å². The highest BCUT2D eigenvalue weighted by molar-refractivity contribution is 7.45. The summed E-state index contributed by atoms with van der Waals surface area (Å²) >= 11 is 0. The monoisotopic (exact) mass is 1070 g/mol. The second kappa shape index (κ2) is 55.1. The summed E-state index contributed by atoms with van der Waals surface area (Å²) in [5.74, 6) is -0.517. The standard InChI is InChI=1S/C64H127N2O7P/c1-7-10-13-16-19-22-25-28-30-31-32-33-34-35-36-39-42-45-48-51-54-57-64(68)73-62(55-52-49-46-43-40-37-27-24-21-18-15-12-9-3)61(60-72-74(69,70)71-59-58-66(4,5)6)65-63(67)56-53-50-47-44-41-38-29-26-23-20-17-14-11-8-2/h52,55,61-62H,7-51,53-54,56-60H2,1-6H3,(H-,65,67,69,70)/b55-52-. The molecule has 0 saturated heterocycles. The summed E-state index contributed by atoms with van der Waals surface area (Å²) in [6.45, 7) is 6.90. The number of nitrogens with zero attached hydrogens (tertiary/aromatic N) is 1. The lowest BCUT2D eigenvalue weighted by Crippen LogP contribution is -2.47. The molecule has 440 valence electrons. The van der Waals surface area contributed by atoms with Crippen LogP contribution in [-0.2, 0) is 27.9 Å². The minimum absolute atomic E-state index is 0.0167. The van der Waals surface area contributed by atoms with E-state index in [1.807, 2.05) is 33.3 Å². The molecule has 0 rings (SSSR count). The van der Waals surface area contributed by atoms with Gasteiger partial charge >= 0.3 is 5.97 Å². The van der Waals surface area contributed by atoms with Gasteiger partial charge in [-0.3, -0.25) is 14.2 Å². The molecule has 0 bridgehead atoms. The van der Waals surface area contributed by atoms with Crippen molar-refractivity contribution in [1.82, 2.24) is 5.32 Å². The van der Waals surface area contributed by atoms with E-state index >= 15 is 0 Å². The first-order valence-electron chi connectivity index (χ1n) is 32.5. The Bertz CT molecular complexity index is 1270. The van der Waals surface area contributed by atoms with Crippen molar-refractivity contribution in [3.05, 3.63) is 12.2 Å². The van der Waals surface area contributed by atoms with Gasteiger partial charge in [-0.15, -0.1) is 0 Å². The number of phosphoric acid groups is 1. The van der Waals surface area contributed by atoms with E-state index in [9.17, 15) is 19.0 Å². The molecule has 1 amide bonds. The Morgan fingerprint density at radius 3 is 1.11 bits per heavy atom. The van der Waals surface area contributed by atoms with Gasteiger partial charge in [-0.05, 0) is 31.8 Å². The van der Waals surface area contributed by atoms with Crippen LogP contribution in [0.15, 0.2) is 12.2 Å². The van der Waals surface area contributed by atoms with Crippen LogP contribution < -0.4 is 10.2 Å². The number of amides is 1. The molecule has 10 heteroatoms. The van der Waals surface area contributed by atoms with Crippen LogP contribution in [0.1, 0.15) is 335 Å². The normalized spacial score (nSPS) is 13.7. The number of hydrogen-bond acceptors (Lipinski definition) is 7. The SMILES string of the molecule is CCCCCCCCCCCCC/C=C\C(OC(=O)CCCCCCCCCCCCCCCCCCCCCCC)C(COP(=O)([O-])OCC[N+](C)(C)C)NC(=O)CCCCCCCCCCCCCCCC. The summed E-state index contributed by atoms with van der Waals surface area (Å²) in [5, 5.41) is 3.04. The molecule has 3 unspecified atom stereocenters. The van der Waals surface area contributed by atoms with Crippen LogP contribution in [0.25, 0.3) is 0 Å². The fourth-order valence-electron chi connectivity index (χ4n) is 9.94. The van der Waals surface area contributed by atoms with Gasteiger partial charge in [0.2, 0.25) is 5.91 Å². The average molecular weight is 1070 g/mol. The minimum Gasteiger partial charge on any atom is -0.756 e. The molecular formula is C64H127N2O7P. The van der Waals surface area contributed by atoms with Crippen molar-refractivity contribution in [3.63, 3.8) is 0 Å². The van der Waals surface area contributed by atoms with E-state index < -0.39 is 20.0 Å². The number of esters is 1. The number of phosphoric ester groups is 1. The zero-order chi connectivity index (χ0) is 54.3. The molecule has 3 atom stereocenters. The molecule has 1 N–H and O–H groups in total. The quantitative estimate of drug-likeness (QED) is 0.0212. The van der Waals surface area contributed by atoms with Crippen LogP contribution in [0.4, 0.5) is 0 Å². The maximum atomic E-state index is 13.5. The van der Waals surface area contributed by atoms with Crippen LogP contribution in [0.3, 0.4) is 0 Å². The number of ether oxygens (including phenoxy) is 1. The number of allylic oxidation sites excluding steroid dienone is 1. The fraction of sp³-hybridized carbons (Fsp3) is 0.938. The summed E-state index contributed by atoms with van der Waals surface area (Å²) in [4.78, 5) is 40.0. The molecule has 74 heavy (non-hydrogen) atoms. The Labute approximate surface area is 461 Å². The first-order chi connectivity index (χ1) is 35.9. The second-order valence-electron chi connectivity index (χ2n) is 23.6. The summed E-state index contributed by atoms with van der Waals surface area (Å²) in [6.07, 6.45) is 63.2. The van der Waals surface area contributed by atoms with Gasteiger partial charge in [0, 0.05) is 12.8 Å². The molecule has 9 nitrogen and oxygen atoms in total. The maximum absolute atomic E-state index is 13.5. The lowest BCUT2D eigenvalue weighted by atomic mass is 10.0. The van der Waals surface area contributed by atoms with E-state index in [1.54, 1.807) is 0 Å². The molecule has 0 aromatic rings. The van der Waals surface area contributed by atoms with Crippen molar-refractivity contribution in [3.8, 4) is 0 Å². The van der Waals surface area contributed by atoms with Crippen LogP contribution in [0.5, 0.6) is 0 Å². The maximum Gasteiger partial charge on any atom is 0.306 e. The predicted molar refractivity (Wildman–Crippen MR) is 317 cm³/mol. The van der Waals surface area contributed by atoms with Crippen molar-refractivity contribution >= 4 is 19.7 Å². The summed E-state index contributed by atoms with van der Waals surface area (Å²) in [7, 11) is 1.21. The zero-order valence-electron chi connectivity index (χ0n) is 50.3. The number of quaternary nitrogens is 1. The van der Waals surface area contributed by atoms with Crippen molar-refractivity contribution in [2.24, 2.45) is 0 Å². The number of carbonyl (C=O) groups is 2. The van der Waals surface area contributed by atoms with E-state index in [4.69, 9.17) is 13.8 Å². The van der Waals surface area contributed by atoms with Crippen LogP contribution in [0.2, 0.25) is 0 Å². The summed E-state index contributed by atoms with van der Waals surface area (Å²) in [6, 6.07) is -0.879. The fourth-order valence-corrected chi connectivity index (χ4v) is 10.7. The van der Waals surface area contributed by atoms with Gasteiger partial charge in [-0.25, -0.2) is 0 Å². The molecule has 0 aliphatic heterocycles. The summed E-state index contributed by atoms with van der Waals surface area (Å²) in [5.41, 5.74) is 0. The van der Waals surface area contributed by atoms with Crippen molar-refractivity contribution < 1.29 is 37.3 Å².